The number of aromatic nitrogens is 2. The Labute approximate surface area is 158 Å². The minimum absolute atomic E-state index is 0.206. The monoisotopic (exact) mass is 387 g/mol. The van der Waals surface area contributed by atoms with Gasteiger partial charge in [-0.25, -0.2) is 9.97 Å². The van der Waals surface area contributed by atoms with Crippen LogP contribution in [0.5, 0.6) is 0 Å². The lowest BCUT2D eigenvalue weighted by molar-refractivity contribution is -0.0441. The molecule has 0 saturated carbocycles. The number of nitrogens with zero attached hydrogens (tertiary/aromatic N) is 2. The summed E-state index contributed by atoms with van der Waals surface area (Å²) in [4.78, 5) is 22.6. The third-order valence-corrected chi connectivity index (χ3v) is 5.76. The molecule has 4 rings (SSSR count). The maximum atomic E-state index is 12.6. The van der Waals surface area contributed by atoms with Gasteiger partial charge < -0.3 is 9.47 Å². The van der Waals surface area contributed by atoms with Crippen molar-refractivity contribution in [1.29, 1.82) is 0 Å². The molecule has 1 N–H and O–H groups in total. The van der Waals surface area contributed by atoms with E-state index in [4.69, 9.17) is 9.47 Å². The highest BCUT2D eigenvalue weighted by atomic mass is 32.1. The zero-order valence-electron chi connectivity index (χ0n) is 14.3. The molecule has 0 atom stereocenters. The molecule has 1 aliphatic rings. The van der Waals surface area contributed by atoms with Crippen LogP contribution in [0.25, 0.3) is 10.6 Å². The first-order valence-corrected chi connectivity index (χ1v) is 9.84. The van der Waals surface area contributed by atoms with E-state index in [1.54, 1.807) is 23.5 Å². The fourth-order valence-corrected chi connectivity index (χ4v) is 4.40. The van der Waals surface area contributed by atoms with Crippen LogP contribution in [0.15, 0.2) is 29.6 Å². The smallest absolute Gasteiger partial charge is 0.257 e. The number of anilines is 1. The molecule has 0 unspecified atom stereocenters. The first-order valence-electron chi connectivity index (χ1n) is 8.14. The van der Waals surface area contributed by atoms with Crippen molar-refractivity contribution in [2.45, 2.75) is 20.1 Å². The van der Waals surface area contributed by atoms with Gasteiger partial charge in [-0.2, -0.15) is 0 Å². The fraction of sp³-hybridized carbons (Fsp3) is 0.278. The topological polar surface area (TPSA) is 73.3 Å². The molecule has 1 aliphatic heterocycles. The van der Waals surface area contributed by atoms with E-state index in [0.29, 0.717) is 23.9 Å². The molecule has 2 aromatic heterocycles. The number of carbonyl (C=O) groups is 1. The highest BCUT2D eigenvalue weighted by Gasteiger charge is 2.20. The molecule has 26 heavy (non-hydrogen) atoms. The first-order chi connectivity index (χ1) is 12.6. The van der Waals surface area contributed by atoms with Crippen LogP contribution in [0.1, 0.15) is 32.9 Å². The Kier molecular flexibility index (Phi) is 4.82. The molecule has 0 spiro atoms. The Morgan fingerprint density at radius 1 is 1.23 bits per heavy atom. The van der Waals surface area contributed by atoms with Crippen LogP contribution >= 0.6 is 22.7 Å². The lowest BCUT2D eigenvalue weighted by atomic mass is 10.1. The summed E-state index contributed by atoms with van der Waals surface area (Å²) in [7, 11) is 0. The van der Waals surface area contributed by atoms with Gasteiger partial charge >= 0.3 is 0 Å². The second-order valence-corrected chi connectivity index (χ2v) is 7.90. The third-order valence-electron chi connectivity index (χ3n) is 3.90. The van der Waals surface area contributed by atoms with Crippen molar-refractivity contribution in [2.75, 3.05) is 18.5 Å². The standard InChI is InChI=1S/C18H17N3O3S2/c1-10-15(26-11(2)19-10)14-9-25-18(20-14)21-16(22)12-4-3-5-13(8-12)17-23-6-7-24-17/h3-5,8-9,17H,6-7H2,1-2H3,(H,20,21,22). The van der Waals surface area contributed by atoms with E-state index in [2.05, 4.69) is 15.3 Å². The van der Waals surface area contributed by atoms with Gasteiger partial charge in [0.25, 0.3) is 5.91 Å². The van der Waals surface area contributed by atoms with Gasteiger partial charge in [-0.05, 0) is 26.0 Å². The molecule has 0 aliphatic carbocycles. The predicted molar refractivity (Wildman–Crippen MR) is 102 cm³/mol. The molecule has 1 saturated heterocycles. The van der Waals surface area contributed by atoms with Crippen LogP contribution in [-0.4, -0.2) is 29.1 Å². The molecule has 6 nitrogen and oxygen atoms in total. The van der Waals surface area contributed by atoms with E-state index < -0.39 is 6.29 Å². The van der Waals surface area contributed by atoms with Crippen molar-refractivity contribution in [1.82, 2.24) is 9.97 Å². The molecular formula is C18H17N3O3S2. The summed E-state index contributed by atoms with van der Waals surface area (Å²) in [5.74, 6) is -0.206. The quantitative estimate of drug-likeness (QED) is 0.727. The van der Waals surface area contributed by atoms with Gasteiger partial charge in [0, 0.05) is 16.5 Å². The molecule has 0 radical (unpaired) electrons. The Morgan fingerprint density at radius 3 is 2.77 bits per heavy atom. The van der Waals surface area contributed by atoms with Crippen LogP contribution in [0, 0.1) is 13.8 Å². The molecule has 1 fully saturated rings. The summed E-state index contributed by atoms with van der Waals surface area (Å²) < 4.78 is 11.0. The predicted octanol–water partition coefficient (Wildman–Crippen LogP) is 4.18. The normalized spacial score (nSPS) is 14.7. The largest absolute Gasteiger partial charge is 0.346 e. The SMILES string of the molecule is Cc1nc(C)c(-c2csc(NC(=O)c3cccc(C4OCCO4)c3)n2)s1. The third kappa shape index (κ3) is 3.54. The van der Waals surface area contributed by atoms with Crippen molar-refractivity contribution in [3.8, 4) is 10.6 Å². The number of hydrogen-bond donors (Lipinski definition) is 1. The molecule has 0 bridgehead atoms. The molecule has 8 heteroatoms. The zero-order valence-corrected chi connectivity index (χ0v) is 15.9. The van der Waals surface area contributed by atoms with Crippen LogP contribution in [0.2, 0.25) is 0 Å². The Morgan fingerprint density at radius 2 is 2.04 bits per heavy atom. The average molecular weight is 387 g/mol. The summed E-state index contributed by atoms with van der Waals surface area (Å²) in [6.07, 6.45) is -0.397. The van der Waals surface area contributed by atoms with E-state index in [-0.39, 0.29) is 5.91 Å². The highest BCUT2D eigenvalue weighted by molar-refractivity contribution is 7.16. The number of hydrogen-bond acceptors (Lipinski definition) is 7. The van der Waals surface area contributed by atoms with Gasteiger partial charge in [-0.1, -0.05) is 12.1 Å². The lowest BCUT2D eigenvalue weighted by Gasteiger charge is -2.10. The molecule has 134 valence electrons. The summed E-state index contributed by atoms with van der Waals surface area (Å²) in [5, 5.41) is 6.37. The second-order valence-electron chi connectivity index (χ2n) is 5.84. The van der Waals surface area contributed by atoms with E-state index >= 15 is 0 Å². The number of nitrogens with one attached hydrogen (secondary N) is 1. The van der Waals surface area contributed by atoms with Crippen molar-refractivity contribution in [3.05, 3.63) is 51.5 Å². The minimum Gasteiger partial charge on any atom is -0.346 e. The number of benzene rings is 1. The number of ether oxygens (including phenoxy) is 2. The van der Waals surface area contributed by atoms with E-state index in [1.165, 1.54) is 11.3 Å². The van der Waals surface area contributed by atoms with E-state index in [0.717, 1.165) is 26.8 Å². The van der Waals surface area contributed by atoms with Gasteiger partial charge in [0.15, 0.2) is 11.4 Å². The Hall–Kier alpha value is -2.13. The van der Waals surface area contributed by atoms with Crippen molar-refractivity contribution < 1.29 is 14.3 Å². The van der Waals surface area contributed by atoms with Crippen molar-refractivity contribution >= 4 is 33.7 Å². The number of amides is 1. The van der Waals surface area contributed by atoms with E-state index in [9.17, 15) is 4.79 Å². The number of rotatable bonds is 4. The maximum absolute atomic E-state index is 12.6. The van der Waals surface area contributed by atoms with Gasteiger partial charge in [0.1, 0.15) is 0 Å². The van der Waals surface area contributed by atoms with Crippen LogP contribution in [0.3, 0.4) is 0 Å². The molecule has 3 aromatic rings. The second kappa shape index (κ2) is 7.24. The highest BCUT2D eigenvalue weighted by Crippen LogP contribution is 2.32. The van der Waals surface area contributed by atoms with Crippen LogP contribution in [0.4, 0.5) is 5.13 Å². The number of thiazole rings is 2. The Bertz CT molecular complexity index is 945. The summed E-state index contributed by atoms with van der Waals surface area (Å²) in [6, 6.07) is 7.27. The van der Waals surface area contributed by atoms with Gasteiger partial charge in [-0.3, -0.25) is 10.1 Å². The molecule has 3 heterocycles. The lowest BCUT2D eigenvalue weighted by Crippen LogP contribution is -2.12. The first kappa shape index (κ1) is 17.3. The van der Waals surface area contributed by atoms with E-state index in [1.807, 2.05) is 31.4 Å². The molecular weight excluding hydrogens is 370 g/mol. The minimum atomic E-state index is -0.397. The summed E-state index contributed by atoms with van der Waals surface area (Å²) in [6.45, 7) is 5.08. The maximum Gasteiger partial charge on any atom is 0.257 e. The van der Waals surface area contributed by atoms with Crippen molar-refractivity contribution in [2.24, 2.45) is 0 Å². The Balaban J connectivity index is 1.50. The average Bonchev–Trinajstić information content (AvgIpc) is 3.36. The number of aryl methyl sites for hydroxylation is 2. The van der Waals surface area contributed by atoms with Gasteiger partial charge in [-0.15, -0.1) is 22.7 Å². The van der Waals surface area contributed by atoms with Gasteiger partial charge in [0.2, 0.25) is 0 Å². The molecule has 1 aromatic carbocycles. The van der Waals surface area contributed by atoms with Crippen LogP contribution in [-0.2, 0) is 9.47 Å². The summed E-state index contributed by atoms with van der Waals surface area (Å²) in [5.41, 5.74) is 3.18. The van der Waals surface area contributed by atoms with Crippen LogP contribution < -0.4 is 5.32 Å². The zero-order chi connectivity index (χ0) is 18.1. The molecule has 1 amide bonds. The fourth-order valence-electron chi connectivity index (χ4n) is 2.75. The van der Waals surface area contributed by atoms with Crippen molar-refractivity contribution in [3.63, 3.8) is 0 Å². The summed E-state index contributed by atoms with van der Waals surface area (Å²) >= 11 is 3.01. The number of carbonyl (C=O) groups excluding carboxylic acids is 1. The van der Waals surface area contributed by atoms with Gasteiger partial charge in [0.05, 0.1) is 34.5 Å².